The maximum absolute atomic E-state index is 12.6. The normalized spacial score (nSPS) is 9.64. The number of hydrogen-bond acceptors (Lipinski definition) is 2. The average molecular weight is 267 g/mol. The van der Waals surface area contributed by atoms with Crippen molar-refractivity contribution in [2.24, 2.45) is 0 Å². The van der Waals surface area contributed by atoms with Gasteiger partial charge in [-0.2, -0.15) is 0 Å². The number of carboxylic acids is 1. The number of halogens is 2. The second-order valence-electron chi connectivity index (χ2n) is 1.79. The minimum atomic E-state index is -1.22. The van der Waals surface area contributed by atoms with Gasteiger partial charge in [0.2, 0.25) is 0 Å². The van der Waals surface area contributed by atoms with E-state index in [0.717, 1.165) is 6.07 Å². The van der Waals surface area contributed by atoms with Crippen LogP contribution in [0.15, 0.2) is 12.3 Å². The lowest BCUT2D eigenvalue weighted by atomic mass is 10.3. The number of carbonyl (C=O) groups is 1. The molecule has 0 atom stereocenters. The van der Waals surface area contributed by atoms with Crippen molar-refractivity contribution in [1.29, 1.82) is 0 Å². The van der Waals surface area contributed by atoms with Gasteiger partial charge in [-0.15, -0.1) is 0 Å². The summed E-state index contributed by atoms with van der Waals surface area (Å²) in [6.45, 7) is 0. The molecule has 0 saturated heterocycles. The molecule has 11 heavy (non-hydrogen) atoms. The van der Waals surface area contributed by atoms with Crippen molar-refractivity contribution in [1.82, 2.24) is 4.98 Å². The van der Waals surface area contributed by atoms with Gasteiger partial charge in [0.05, 0.1) is 3.57 Å². The van der Waals surface area contributed by atoms with Crippen molar-refractivity contribution in [3.05, 3.63) is 27.3 Å². The van der Waals surface area contributed by atoms with E-state index >= 15 is 0 Å². The SMILES string of the molecule is O=C(O)c1cc(F)c(I)cn1. The molecule has 0 amide bonds. The zero-order valence-corrected chi connectivity index (χ0v) is 7.37. The minimum Gasteiger partial charge on any atom is -0.477 e. The fourth-order valence-corrected chi connectivity index (χ4v) is 0.826. The third-order valence-corrected chi connectivity index (χ3v) is 1.82. The minimum absolute atomic E-state index is 0.275. The Labute approximate surface area is 75.4 Å². The highest BCUT2D eigenvalue weighted by Gasteiger charge is 2.07. The first-order valence-electron chi connectivity index (χ1n) is 2.65. The average Bonchev–Trinajstić information content (AvgIpc) is 1.94. The zero-order valence-electron chi connectivity index (χ0n) is 5.21. The number of rotatable bonds is 1. The Morgan fingerprint density at radius 1 is 1.73 bits per heavy atom. The monoisotopic (exact) mass is 267 g/mol. The van der Waals surface area contributed by atoms with E-state index in [1.165, 1.54) is 6.20 Å². The Morgan fingerprint density at radius 3 is 2.82 bits per heavy atom. The second-order valence-corrected chi connectivity index (χ2v) is 2.95. The Kier molecular flexibility index (Phi) is 2.38. The molecule has 5 heteroatoms. The number of pyridine rings is 1. The molecule has 0 fully saturated rings. The first-order chi connectivity index (χ1) is 5.11. The Hall–Kier alpha value is -0.720. The van der Waals surface area contributed by atoms with Crippen molar-refractivity contribution in [2.45, 2.75) is 0 Å². The third kappa shape index (κ3) is 1.86. The summed E-state index contributed by atoms with van der Waals surface area (Å²) in [5, 5.41) is 8.37. The van der Waals surface area contributed by atoms with Crippen molar-refractivity contribution >= 4 is 28.6 Å². The van der Waals surface area contributed by atoms with Gasteiger partial charge in [-0.05, 0) is 22.6 Å². The van der Waals surface area contributed by atoms with Gasteiger partial charge in [0.15, 0.2) is 5.69 Å². The summed E-state index contributed by atoms with van der Waals surface area (Å²) in [5.41, 5.74) is -0.275. The summed E-state index contributed by atoms with van der Waals surface area (Å²) < 4.78 is 12.9. The highest BCUT2D eigenvalue weighted by Crippen LogP contribution is 2.09. The molecule has 0 saturated carbocycles. The van der Waals surface area contributed by atoms with Gasteiger partial charge in [0, 0.05) is 12.3 Å². The van der Waals surface area contributed by atoms with Gasteiger partial charge in [0.25, 0.3) is 0 Å². The molecule has 0 aliphatic carbocycles. The largest absolute Gasteiger partial charge is 0.477 e. The number of aromatic nitrogens is 1. The smallest absolute Gasteiger partial charge is 0.354 e. The van der Waals surface area contributed by atoms with Crippen molar-refractivity contribution in [2.75, 3.05) is 0 Å². The van der Waals surface area contributed by atoms with E-state index in [4.69, 9.17) is 5.11 Å². The van der Waals surface area contributed by atoms with Crippen LogP contribution in [0, 0.1) is 9.39 Å². The van der Waals surface area contributed by atoms with Gasteiger partial charge >= 0.3 is 5.97 Å². The summed E-state index contributed by atoms with van der Waals surface area (Å²) >= 11 is 1.73. The van der Waals surface area contributed by atoms with E-state index in [9.17, 15) is 9.18 Å². The van der Waals surface area contributed by atoms with Gasteiger partial charge in [-0.25, -0.2) is 14.2 Å². The Bertz CT molecular complexity index is 303. The zero-order chi connectivity index (χ0) is 8.43. The highest BCUT2D eigenvalue weighted by atomic mass is 127. The van der Waals surface area contributed by atoms with Crippen LogP contribution in [0.2, 0.25) is 0 Å². The summed E-state index contributed by atoms with van der Waals surface area (Å²) in [4.78, 5) is 13.7. The molecule has 1 heterocycles. The predicted molar refractivity (Wildman–Crippen MR) is 43.9 cm³/mol. The lowest BCUT2D eigenvalue weighted by Crippen LogP contribution is -2.01. The van der Waals surface area contributed by atoms with Crippen LogP contribution in [-0.2, 0) is 0 Å². The van der Waals surface area contributed by atoms with E-state index < -0.39 is 11.8 Å². The quantitative estimate of drug-likeness (QED) is 0.785. The maximum atomic E-state index is 12.6. The Balaban J connectivity index is 3.15. The molecular formula is C6H3FINO2. The first kappa shape index (κ1) is 8.38. The van der Waals surface area contributed by atoms with Gasteiger partial charge in [-0.3, -0.25) is 0 Å². The summed E-state index contributed by atoms with van der Waals surface area (Å²) in [6, 6.07) is 0.893. The van der Waals surface area contributed by atoms with E-state index in [-0.39, 0.29) is 5.69 Å². The van der Waals surface area contributed by atoms with E-state index in [2.05, 4.69) is 4.98 Å². The molecular weight excluding hydrogens is 264 g/mol. The molecule has 0 spiro atoms. The number of aromatic carboxylic acids is 1. The lowest BCUT2D eigenvalue weighted by molar-refractivity contribution is 0.0690. The molecule has 3 nitrogen and oxygen atoms in total. The molecule has 1 rings (SSSR count). The molecule has 0 unspecified atom stereocenters. The molecule has 0 bridgehead atoms. The number of hydrogen-bond donors (Lipinski definition) is 1. The first-order valence-corrected chi connectivity index (χ1v) is 3.73. The van der Waals surface area contributed by atoms with E-state index in [1.807, 2.05) is 0 Å². The van der Waals surface area contributed by atoms with Crippen LogP contribution < -0.4 is 0 Å². The fraction of sp³-hybridized carbons (Fsp3) is 0. The van der Waals surface area contributed by atoms with Crippen LogP contribution in [-0.4, -0.2) is 16.1 Å². The standard InChI is InChI=1S/C6H3FINO2/c7-3-1-5(6(10)11)9-2-4(3)8/h1-2H,(H,10,11). The van der Waals surface area contributed by atoms with Crippen molar-refractivity contribution in [3.63, 3.8) is 0 Å². The van der Waals surface area contributed by atoms with Crippen molar-refractivity contribution < 1.29 is 14.3 Å². The van der Waals surface area contributed by atoms with Gasteiger partial charge in [0.1, 0.15) is 5.82 Å². The van der Waals surface area contributed by atoms with Crippen molar-refractivity contribution in [3.8, 4) is 0 Å². The van der Waals surface area contributed by atoms with E-state index in [1.54, 1.807) is 22.6 Å². The number of carboxylic acid groups (broad SMARTS) is 1. The molecule has 1 aromatic rings. The van der Waals surface area contributed by atoms with Crippen LogP contribution >= 0.6 is 22.6 Å². The van der Waals surface area contributed by atoms with E-state index in [0.29, 0.717) is 3.57 Å². The van der Waals surface area contributed by atoms with Crippen LogP contribution in [0.4, 0.5) is 4.39 Å². The number of nitrogens with zero attached hydrogens (tertiary/aromatic N) is 1. The third-order valence-electron chi connectivity index (χ3n) is 1.03. The van der Waals surface area contributed by atoms with Gasteiger partial charge < -0.3 is 5.11 Å². The summed E-state index contributed by atoms with van der Waals surface area (Å²) in [6.07, 6.45) is 1.18. The molecule has 58 valence electrons. The fourth-order valence-electron chi connectivity index (χ4n) is 0.531. The molecule has 0 aliphatic rings. The van der Waals surface area contributed by atoms with Crippen LogP contribution in [0.5, 0.6) is 0 Å². The second kappa shape index (κ2) is 3.12. The van der Waals surface area contributed by atoms with Crippen LogP contribution in [0.3, 0.4) is 0 Å². The van der Waals surface area contributed by atoms with Crippen LogP contribution in [0.1, 0.15) is 10.5 Å². The highest BCUT2D eigenvalue weighted by molar-refractivity contribution is 14.1. The van der Waals surface area contributed by atoms with Crippen LogP contribution in [0.25, 0.3) is 0 Å². The van der Waals surface area contributed by atoms with Gasteiger partial charge in [-0.1, -0.05) is 0 Å². The molecule has 0 radical (unpaired) electrons. The molecule has 0 aliphatic heterocycles. The molecule has 0 aromatic carbocycles. The summed E-state index contributed by atoms with van der Waals surface area (Å²) in [7, 11) is 0. The predicted octanol–water partition coefficient (Wildman–Crippen LogP) is 1.52. The Morgan fingerprint density at radius 2 is 2.36 bits per heavy atom. The maximum Gasteiger partial charge on any atom is 0.354 e. The summed E-state index contributed by atoms with van der Waals surface area (Å²) in [5.74, 6) is -1.78. The molecule has 1 N–H and O–H groups in total. The molecule has 1 aromatic heterocycles. The lowest BCUT2D eigenvalue weighted by Gasteiger charge is -1.94. The topological polar surface area (TPSA) is 50.2 Å².